The molecule has 2 heterocycles. The normalized spacial score (nSPS) is 15.3. The van der Waals surface area contributed by atoms with Crippen LogP contribution in [0, 0.1) is 5.82 Å². The lowest BCUT2D eigenvalue weighted by Crippen LogP contribution is -2.49. The number of aromatic nitrogens is 1. The highest BCUT2D eigenvalue weighted by molar-refractivity contribution is 5.98. The molecule has 1 N–H and O–H groups in total. The van der Waals surface area contributed by atoms with Crippen LogP contribution in [0.2, 0.25) is 0 Å². The number of benzene rings is 2. The quantitative estimate of drug-likeness (QED) is 0.618. The number of nitrogens with zero attached hydrogens (tertiary/aromatic N) is 3. The molecular weight excluding hydrogens is 420 g/mol. The number of carbonyl (C=O) groups is 1. The van der Waals surface area contributed by atoms with E-state index >= 15 is 0 Å². The molecule has 0 bridgehead atoms. The molecule has 0 unspecified atom stereocenters. The fourth-order valence-electron chi connectivity index (χ4n) is 3.37. The maximum atomic E-state index is 13.9. The molecule has 31 heavy (non-hydrogen) atoms. The zero-order valence-electron chi connectivity index (χ0n) is 16.2. The molecule has 11 heteroatoms. The number of ether oxygens (including phenoxy) is 1. The van der Waals surface area contributed by atoms with Gasteiger partial charge in [0.15, 0.2) is 23.0 Å². The summed E-state index contributed by atoms with van der Waals surface area (Å²) in [5.41, 5.74) is 1.08. The van der Waals surface area contributed by atoms with Gasteiger partial charge in [-0.15, -0.1) is 13.2 Å². The summed E-state index contributed by atoms with van der Waals surface area (Å²) in [4.78, 5) is 16.1. The van der Waals surface area contributed by atoms with Gasteiger partial charge in [-0.2, -0.15) is 0 Å². The number of para-hydroxylation sites is 1. The number of carbonyl (C=O) groups excluding carboxylic acids is 1. The Balaban J connectivity index is 1.30. The number of amides is 2. The van der Waals surface area contributed by atoms with E-state index in [1.165, 1.54) is 6.07 Å². The number of fused-ring (bicyclic) bond motifs is 1. The number of hydrogen-bond donors (Lipinski definition) is 1. The Kier molecular flexibility index (Phi) is 5.68. The van der Waals surface area contributed by atoms with Crippen molar-refractivity contribution in [3.8, 4) is 5.75 Å². The van der Waals surface area contributed by atoms with E-state index in [-0.39, 0.29) is 6.03 Å². The molecular formula is C20H18F4N4O3. The zero-order chi connectivity index (χ0) is 22.0. The zero-order valence-corrected chi connectivity index (χ0v) is 16.2. The van der Waals surface area contributed by atoms with E-state index in [1.54, 1.807) is 23.1 Å². The van der Waals surface area contributed by atoms with E-state index in [2.05, 4.69) is 15.2 Å². The molecule has 0 saturated carbocycles. The highest BCUT2D eigenvalue weighted by Crippen LogP contribution is 2.27. The molecule has 2 aromatic carbocycles. The Morgan fingerprint density at radius 1 is 1.13 bits per heavy atom. The molecule has 3 aromatic rings. The van der Waals surface area contributed by atoms with E-state index in [9.17, 15) is 22.4 Å². The molecule has 1 saturated heterocycles. The maximum Gasteiger partial charge on any atom is 0.573 e. The van der Waals surface area contributed by atoms with Crippen LogP contribution >= 0.6 is 0 Å². The molecule has 1 fully saturated rings. The van der Waals surface area contributed by atoms with Gasteiger partial charge in [0, 0.05) is 32.7 Å². The number of rotatable bonds is 4. The maximum absolute atomic E-state index is 13.9. The molecule has 2 amide bonds. The molecule has 0 radical (unpaired) electrons. The summed E-state index contributed by atoms with van der Waals surface area (Å²) in [6, 6.07) is 10.2. The molecule has 1 aliphatic rings. The van der Waals surface area contributed by atoms with Crippen molar-refractivity contribution >= 4 is 22.8 Å². The number of hydrogen-bond acceptors (Lipinski definition) is 5. The lowest BCUT2D eigenvalue weighted by Gasteiger charge is -2.34. The van der Waals surface area contributed by atoms with Crippen LogP contribution in [-0.4, -0.2) is 53.5 Å². The largest absolute Gasteiger partial charge is 0.573 e. The van der Waals surface area contributed by atoms with Crippen molar-refractivity contribution in [3.05, 3.63) is 53.8 Å². The van der Waals surface area contributed by atoms with Crippen LogP contribution in [0.3, 0.4) is 0 Å². The number of urea groups is 1. The number of anilines is 1. The van der Waals surface area contributed by atoms with Gasteiger partial charge in [0.2, 0.25) is 0 Å². The van der Waals surface area contributed by atoms with Crippen LogP contribution in [0.5, 0.6) is 5.75 Å². The highest BCUT2D eigenvalue weighted by Gasteiger charge is 2.32. The summed E-state index contributed by atoms with van der Waals surface area (Å²) >= 11 is 0. The third-order valence-electron chi connectivity index (χ3n) is 4.89. The fraction of sp³-hybridized carbons (Fsp3) is 0.300. The van der Waals surface area contributed by atoms with Crippen LogP contribution in [0.1, 0.15) is 5.56 Å². The van der Waals surface area contributed by atoms with Gasteiger partial charge in [0.05, 0.1) is 5.39 Å². The van der Waals surface area contributed by atoms with Gasteiger partial charge < -0.3 is 14.2 Å². The van der Waals surface area contributed by atoms with E-state index in [1.807, 2.05) is 11.0 Å². The van der Waals surface area contributed by atoms with E-state index < -0.39 is 17.9 Å². The van der Waals surface area contributed by atoms with Crippen molar-refractivity contribution in [2.75, 3.05) is 31.5 Å². The summed E-state index contributed by atoms with van der Waals surface area (Å²) in [5, 5.41) is 7.32. The summed E-state index contributed by atoms with van der Waals surface area (Å²) in [6.45, 7) is 2.25. The SMILES string of the molecule is O=C(Nc1noc2ccccc12)N1CCN(Cc2ccc(OC(F)(F)F)c(F)c2)CC1. The number of alkyl halides is 3. The Morgan fingerprint density at radius 2 is 1.87 bits per heavy atom. The van der Waals surface area contributed by atoms with Crippen LogP contribution in [0.15, 0.2) is 47.0 Å². The molecule has 1 aromatic heterocycles. The molecule has 0 atom stereocenters. The van der Waals surface area contributed by atoms with Gasteiger partial charge in [0.25, 0.3) is 0 Å². The van der Waals surface area contributed by atoms with Crippen LogP contribution in [0.4, 0.5) is 28.2 Å². The van der Waals surface area contributed by atoms with Crippen LogP contribution in [-0.2, 0) is 6.54 Å². The average molecular weight is 438 g/mol. The Hall–Kier alpha value is -3.34. The van der Waals surface area contributed by atoms with Gasteiger partial charge in [-0.05, 0) is 29.8 Å². The van der Waals surface area contributed by atoms with Crippen LogP contribution < -0.4 is 10.1 Å². The molecule has 0 aliphatic carbocycles. The molecule has 4 rings (SSSR count). The summed E-state index contributed by atoms with van der Waals surface area (Å²) < 4.78 is 59.4. The first-order valence-electron chi connectivity index (χ1n) is 9.45. The second kappa shape index (κ2) is 8.42. The minimum atomic E-state index is -4.95. The summed E-state index contributed by atoms with van der Waals surface area (Å²) in [7, 11) is 0. The molecule has 1 aliphatic heterocycles. The van der Waals surface area contributed by atoms with Crippen molar-refractivity contribution < 1.29 is 31.6 Å². The minimum absolute atomic E-state index is 0.307. The number of piperazine rings is 1. The molecule has 164 valence electrons. The molecule has 0 spiro atoms. The van der Waals surface area contributed by atoms with Crippen molar-refractivity contribution in [2.24, 2.45) is 0 Å². The minimum Gasteiger partial charge on any atom is -0.403 e. The second-order valence-corrected chi connectivity index (χ2v) is 7.03. The number of halogens is 4. The predicted octanol–water partition coefficient (Wildman–Crippen LogP) is 4.22. The van der Waals surface area contributed by atoms with Gasteiger partial charge in [0.1, 0.15) is 0 Å². The lowest BCUT2D eigenvalue weighted by atomic mass is 10.2. The Labute approximate surface area is 174 Å². The Morgan fingerprint density at radius 3 is 2.58 bits per heavy atom. The Bertz CT molecular complexity index is 1080. The van der Waals surface area contributed by atoms with Gasteiger partial charge in [-0.3, -0.25) is 10.2 Å². The third-order valence-corrected chi connectivity index (χ3v) is 4.89. The van der Waals surface area contributed by atoms with Crippen molar-refractivity contribution in [2.45, 2.75) is 12.9 Å². The summed E-state index contributed by atoms with van der Waals surface area (Å²) in [6.07, 6.45) is -4.95. The fourth-order valence-corrected chi connectivity index (χ4v) is 3.37. The lowest BCUT2D eigenvalue weighted by molar-refractivity contribution is -0.275. The van der Waals surface area contributed by atoms with Crippen molar-refractivity contribution in [3.63, 3.8) is 0 Å². The topological polar surface area (TPSA) is 70.8 Å². The van der Waals surface area contributed by atoms with Gasteiger partial charge >= 0.3 is 12.4 Å². The first-order valence-corrected chi connectivity index (χ1v) is 9.45. The van der Waals surface area contributed by atoms with Crippen LogP contribution in [0.25, 0.3) is 11.0 Å². The van der Waals surface area contributed by atoms with Gasteiger partial charge in [-0.1, -0.05) is 23.4 Å². The van der Waals surface area contributed by atoms with E-state index in [0.717, 1.165) is 12.1 Å². The van der Waals surface area contributed by atoms with Crippen molar-refractivity contribution in [1.82, 2.24) is 15.0 Å². The smallest absolute Gasteiger partial charge is 0.403 e. The standard InChI is InChI=1S/C20H18F4N4O3/c21-15-11-13(5-6-17(15)30-20(22,23)24)12-27-7-9-28(10-8-27)19(29)25-18-14-3-1-2-4-16(14)31-26-18/h1-6,11H,7-10,12H2,(H,25,26,29). The first kappa shape index (κ1) is 20.9. The monoisotopic (exact) mass is 438 g/mol. The second-order valence-electron chi connectivity index (χ2n) is 7.03. The predicted molar refractivity (Wildman–Crippen MR) is 103 cm³/mol. The third kappa shape index (κ3) is 5.05. The first-order chi connectivity index (χ1) is 14.8. The molecule has 7 nitrogen and oxygen atoms in total. The van der Waals surface area contributed by atoms with E-state index in [4.69, 9.17) is 4.52 Å². The van der Waals surface area contributed by atoms with E-state index in [0.29, 0.717) is 55.1 Å². The van der Waals surface area contributed by atoms with Gasteiger partial charge in [-0.25, -0.2) is 9.18 Å². The average Bonchev–Trinajstić information content (AvgIpc) is 3.13. The number of nitrogens with one attached hydrogen (secondary N) is 1. The highest BCUT2D eigenvalue weighted by atomic mass is 19.4. The van der Waals surface area contributed by atoms with Crippen molar-refractivity contribution in [1.29, 1.82) is 0 Å². The summed E-state index contributed by atoms with van der Waals surface area (Å²) in [5.74, 6) is -1.59.